The predicted octanol–water partition coefficient (Wildman–Crippen LogP) is 6.54. The summed E-state index contributed by atoms with van der Waals surface area (Å²) >= 11 is 0. The van der Waals surface area contributed by atoms with E-state index in [1.165, 1.54) is 30.0 Å². The van der Waals surface area contributed by atoms with Gasteiger partial charge in [0.25, 0.3) is 0 Å². The first-order chi connectivity index (χ1) is 15.8. The van der Waals surface area contributed by atoms with E-state index in [4.69, 9.17) is 9.97 Å². The van der Waals surface area contributed by atoms with Gasteiger partial charge in [0.15, 0.2) is 0 Å². The van der Waals surface area contributed by atoms with Crippen LogP contribution in [-0.4, -0.2) is 22.0 Å². The number of rotatable bonds is 2. The zero-order valence-electron chi connectivity index (χ0n) is 17.8. The molecule has 4 aromatic carbocycles. The van der Waals surface area contributed by atoms with Crippen LogP contribution in [-0.2, 0) is 0 Å². The van der Waals surface area contributed by atoms with Gasteiger partial charge in [-0.1, -0.05) is 67.8 Å². The van der Waals surface area contributed by atoms with Gasteiger partial charge in [-0.15, -0.1) is 0 Å². The average molecular weight is 421 g/mol. The minimum absolute atomic E-state index is 0.151. The van der Waals surface area contributed by atoms with Crippen LogP contribution in [0.25, 0.3) is 43.6 Å². The number of anilines is 1. The normalized spacial score (nSPS) is 14.9. The zero-order valence-corrected chi connectivity index (χ0v) is 17.8. The Morgan fingerprint density at radius 3 is 1.97 bits per heavy atom. The Morgan fingerprint density at radius 2 is 1.31 bits per heavy atom. The van der Waals surface area contributed by atoms with Gasteiger partial charge in [-0.3, -0.25) is 0 Å². The lowest BCUT2D eigenvalue weighted by atomic mass is 9.96. The largest absolute Gasteiger partial charge is 0.335 e. The number of benzene rings is 4. The van der Waals surface area contributed by atoms with Crippen molar-refractivity contribution in [2.45, 2.75) is 38.1 Å². The second-order valence-corrected chi connectivity index (χ2v) is 8.65. The summed E-state index contributed by atoms with van der Waals surface area (Å²) in [5.41, 5.74) is 4.10. The van der Waals surface area contributed by atoms with Crippen molar-refractivity contribution in [1.29, 1.82) is 0 Å². The SMILES string of the molecule is O=C(Nc1ccc2nc3c4ccccc4c4ccccc4c3nc2c1)NC1CCCCC1. The molecule has 2 N–H and O–H groups in total. The lowest BCUT2D eigenvalue weighted by Gasteiger charge is -2.22. The Kier molecular flexibility index (Phi) is 4.60. The van der Waals surface area contributed by atoms with E-state index in [0.717, 1.165) is 51.4 Å². The van der Waals surface area contributed by atoms with Crippen LogP contribution < -0.4 is 10.6 Å². The lowest BCUT2D eigenvalue weighted by Crippen LogP contribution is -2.39. The highest BCUT2D eigenvalue weighted by atomic mass is 16.2. The van der Waals surface area contributed by atoms with Crippen molar-refractivity contribution in [1.82, 2.24) is 15.3 Å². The van der Waals surface area contributed by atoms with Crippen molar-refractivity contribution in [2.24, 2.45) is 0 Å². The van der Waals surface area contributed by atoms with Gasteiger partial charge in [-0.25, -0.2) is 14.8 Å². The minimum atomic E-state index is -0.151. The fourth-order valence-electron chi connectivity index (χ4n) is 4.96. The molecule has 0 saturated heterocycles. The summed E-state index contributed by atoms with van der Waals surface area (Å²) in [4.78, 5) is 22.5. The summed E-state index contributed by atoms with van der Waals surface area (Å²) in [6.07, 6.45) is 5.76. The Hall–Kier alpha value is -3.73. The smallest absolute Gasteiger partial charge is 0.319 e. The van der Waals surface area contributed by atoms with Crippen molar-refractivity contribution < 1.29 is 4.79 Å². The van der Waals surface area contributed by atoms with E-state index in [1.54, 1.807) is 0 Å². The first-order valence-corrected chi connectivity index (χ1v) is 11.3. The molecule has 32 heavy (non-hydrogen) atoms. The van der Waals surface area contributed by atoms with Gasteiger partial charge >= 0.3 is 6.03 Å². The molecule has 0 aliphatic heterocycles. The van der Waals surface area contributed by atoms with E-state index in [2.05, 4.69) is 47.0 Å². The van der Waals surface area contributed by atoms with E-state index in [9.17, 15) is 4.79 Å². The fraction of sp³-hybridized carbons (Fsp3) is 0.222. The number of aromatic nitrogens is 2. The quantitative estimate of drug-likeness (QED) is 0.252. The Morgan fingerprint density at radius 1 is 0.719 bits per heavy atom. The van der Waals surface area contributed by atoms with Crippen LogP contribution >= 0.6 is 0 Å². The standard InChI is InChI=1S/C27H24N4O/c32-27(28-17-8-2-1-3-9-17)29-18-14-15-23-24(16-18)31-26-22-13-7-5-11-20(22)19-10-4-6-12-21(19)25(26)30-23/h4-7,10-17H,1-3,8-9H2,(H2,28,29,32). The van der Waals surface area contributed by atoms with Crippen LogP contribution in [0, 0.1) is 0 Å². The molecule has 1 fully saturated rings. The molecule has 2 amide bonds. The maximum Gasteiger partial charge on any atom is 0.319 e. The number of fused-ring (bicyclic) bond motifs is 7. The number of carbonyl (C=O) groups is 1. The highest BCUT2D eigenvalue weighted by Gasteiger charge is 2.16. The van der Waals surface area contributed by atoms with Crippen molar-refractivity contribution in [3.8, 4) is 0 Å². The number of nitrogens with one attached hydrogen (secondary N) is 2. The third-order valence-corrected chi connectivity index (χ3v) is 6.52. The van der Waals surface area contributed by atoms with Gasteiger partial charge in [-0.05, 0) is 41.8 Å². The van der Waals surface area contributed by atoms with Gasteiger partial charge < -0.3 is 10.6 Å². The van der Waals surface area contributed by atoms with Crippen molar-refractivity contribution in [3.63, 3.8) is 0 Å². The van der Waals surface area contributed by atoms with Gasteiger partial charge in [-0.2, -0.15) is 0 Å². The molecule has 5 aromatic rings. The third-order valence-electron chi connectivity index (χ3n) is 6.52. The van der Waals surface area contributed by atoms with Gasteiger partial charge in [0.2, 0.25) is 0 Å². The topological polar surface area (TPSA) is 66.9 Å². The summed E-state index contributed by atoms with van der Waals surface area (Å²) in [6.45, 7) is 0. The number of hydrogen-bond acceptors (Lipinski definition) is 3. The van der Waals surface area contributed by atoms with E-state index in [0.29, 0.717) is 0 Å². The molecule has 5 nitrogen and oxygen atoms in total. The predicted molar refractivity (Wildman–Crippen MR) is 131 cm³/mol. The van der Waals surface area contributed by atoms with E-state index in [-0.39, 0.29) is 12.1 Å². The summed E-state index contributed by atoms with van der Waals surface area (Å²) in [5, 5.41) is 10.6. The number of hydrogen-bond donors (Lipinski definition) is 2. The first kappa shape index (κ1) is 19.0. The summed E-state index contributed by atoms with van der Waals surface area (Å²) in [7, 11) is 0. The van der Waals surface area contributed by atoms with Gasteiger partial charge in [0.1, 0.15) is 0 Å². The molecule has 0 radical (unpaired) electrons. The molecule has 158 valence electrons. The number of amides is 2. The molecule has 6 rings (SSSR count). The molecule has 0 atom stereocenters. The van der Waals surface area contributed by atoms with Gasteiger partial charge in [0, 0.05) is 22.5 Å². The molecule has 1 aliphatic rings. The molecule has 0 bridgehead atoms. The minimum Gasteiger partial charge on any atom is -0.335 e. The second kappa shape index (κ2) is 7.75. The third kappa shape index (κ3) is 3.30. The van der Waals surface area contributed by atoms with E-state index < -0.39 is 0 Å². The molecule has 5 heteroatoms. The van der Waals surface area contributed by atoms with Crippen LogP contribution in [0.1, 0.15) is 32.1 Å². The van der Waals surface area contributed by atoms with Crippen molar-refractivity contribution in [2.75, 3.05) is 5.32 Å². The fourth-order valence-corrected chi connectivity index (χ4v) is 4.96. The average Bonchev–Trinajstić information content (AvgIpc) is 2.84. The zero-order chi connectivity index (χ0) is 21.5. The molecule has 0 spiro atoms. The first-order valence-electron chi connectivity index (χ1n) is 11.3. The van der Waals surface area contributed by atoms with Crippen LogP contribution in [0.4, 0.5) is 10.5 Å². The van der Waals surface area contributed by atoms with Gasteiger partial charge in [0.05, 0.1) is 22.1 Å². The summed E-state index contributed by atoms with van der Waals surface area (Å²) < 4.78 is 0. The Balaban J connectivity index is 1.43. The lowest BCUT2D eigenvalue weighted by molar-refractivity contribution is 0.244. The highest BCUT2D eigenvalue weighted by Crippen LogP contribution is 2.34. The van der Waals surface area contributed by atoms with Crippen LogP contribution in [0.3, 0.4) is 0 Å². The van der Waals surface area contributed by atoms with E-state index in [1.807, 2.05) is 30.3 Å². The molecule has 0 unspecified atom stereocenters. The Bertz CT molecular complexity index is 1490. The molecule has 1 aromatic heterocycles. The maximum absolute atomic E-state index is 12.5. The van der Waals surface area contributed by atoms with Crippen LogP contribution in [0.15, 0.2) is 66.7 Å². The number of nitrogens with zero attached hydrogens (tertiary/aromatic N) is 2. The number of carbonyl (C=O) groups excluding carboxylic acids is 1. The second-order valence-electron chi connectivity index (χ2n) is 8.65. The van der Waals surface area contributed by atoms with Crippen molar-refractivity contribution in [3.05, 3.63) is 66.7 Å². The number of urea groups is 1. The highest BCUT2D eigenvalue weighted by molar-refractivity contribution is 6.23. The molecule has 1 saturated carbocycles. The Labute approximate surface area is 185 Å². The summed E-state index contributed by atoms with van der Waals surface area (Å²) in [6, 6.07) is 22.5. The molecular formula is C27H24N4O. The maximum atomic E-state index is 12.5. The molecule has 1 aliphatic carbocycles. The van der Waals surface area contributed by atoms with E-state index >= 15 is 0 Å². The van der Waals surface area contributed by atoms with Crippen molar-refractivity contribution >= 4 is 55.3 Å². The monoisotopic (exact) mass is 420 g/mol. The van der Waals surface area contributed by atoms with Crippen LogP contribution in [0.2, 0.25) is 0 Å². The molecule has 1 heterocycles. The van der Waals surface area contributed by atoms with Crippen LogP contribution in [0.5, 0.6) is 0 Å². The summed E-state index contributed by atoms with van der Waals surface area (Å²) in [5.74, 6) is 0. The molecular weight excluding hydrogens is 396 g/mol.